The van der Waals surface area contributed by atoms with Crippen LogP contribution < -0.4 is 10.7 Å². The van der Waals surface area contributed by atoms with E-state index in [-0.39, 0.29) is 24.7 Å². The van der Waals surface area contributed by atoms with Crippen LogP contribution >= 0.6 is 0 Å². The molecule has 0 saturated carbocycles. The van der Waals surface area contributed by atoms with Crippen molar-refractivity contribution in [1.82, 2.24) is 5.43 Å². The highest BCUT2D eigenvalue weighted by Crippen LogP contribution is 2.06. The summed E-state index contributed by atoms with van der Waals surface area (Å²) >= 11 is 0. The van der Waals surface area contributed by atoms with Gasteiger partial charge in [0.2, 0.25) is 11.8 Å². The molecular formula is C18H19N3O2. The van der Waals surface area contributed by atoms with Crippen LogP contribution in [0.1, 0.15) is 18.4 Å². The number of nitrogens with zero attached hydrogens (tertiary/aromatic N) is 1. The van der Waals surface area contributed by atoms with Crippen molar-refractivity contribution in [1.29, 1.82) is 0 Å². The molecule has 0 radical (unpaired) electrons. The summed E-state index contributed by atoms with van der Waals surface area (Å²) in [5, 5.41) is 6.60. The molecular weight excluding hydrogens is 290 g/mol. The highest BCUT2D eigenvalue weighted by atomic mass is 16.2. The first kappa shape index (κ1) is 16.4. The van der Waals surface area contributed by atoms with E-state index in [4.69, 9.17) is 0 Å². The van der Waals surface area contributed by atoms with E-state index < -0.39 is 0 Å². The van der Waals surface area contributed by atoms with Crippen molar-refractivity contribution in [2.75, 3.05) is 5.32 Å². The number of amides is 2. The maximum absolute atomic E-state index is 11.7. The maximum atomic E-state index is 11.7. The van der Waals surface area contributed by atoms with Gasteiger partial charge in [0.25, 0.3) is 0 Å². The minimum atomic E-state index is -0.280. The number of hydrazone groups is 1. The number of carbonyl (C=O) groups excluding carboxylic acids is 2. The summed E-state index contributed by atoms with van der Waals surface area (Å²) in [6.45, 7) is 0. The third-order valence-corrected chi connectivity index (χ3v) is 3.09. The average Bonchev–Trinajstić information content (AvgIpc) is 2.59. The van der Waals surface area contributed by atoms with Crippen molar-refractivity contribution in [2.24, 2.45) is 5.10 Å². The predicted molar refractivity (Wildman–Crippen MR) is 91.1 cm³/mol. The molecule has 2 rings (SSSR count). The molecule has 0 unspecified atom stereocenters. The molecule has 0 aromatic heterocycles. The molecule has 0 spiro atoms. The topological polar surface area (TPSA) is 70.6 Å². The predicted octanol–water partition coefficient (Wildman–Crippen LogP) is 2.75. The Bertz CT molecular complexity index is 654. The van der Waals surface area contributed by atoms with Crippen molar-refractivity contribution in [2.45, 2.75) is 19.3 Å². The Morgan fingerprint density at radius 3 is 2.17 bits per heavy atom. The molecule has 118 valence electrons. The van der Waals surface area contributed by atoms with E-state index in [1.54, 1.807) is 18.3 Å². The minimum absolute atomic E-state index is 0.0986. The third kappa shape index (κ3) is 6.56. The van der Waals surface area contributed by atoms with Crippen LogP contribution in [0.2, 0.25) is 0 Å². The number of anilines is 1. The van der Waals surface area contributed by atoms with Gasteiger partial charge >= 0.3 is 0 Å². The van der Waals surface area contributed by atoms with E-state index in [2.05, 4.69) is 15.8 Å². The Morgan fingerprint density at radius 1 is 0.870 bits per heavy atom. The van der Waals surface area contributed by atoms with Crippen molar-refractivity contribution in [3.63, 3.8) is 0 Å². The number of hydrogen-bond acceptors (Lipinski definition) is 3. The molecule has 0 saturated heterocycles. The van der Waals surface area contributed by atoms with Gasteiger partial charge in [0, 0.05) is 31.2 Å². The summed E-state index contributed by atoms with van der Waals surface area (Å²) in [7, 11) is 0. The minimum Gasteiger partial charge on any atom is -0.326 e. The lowest BCUT2D eigenvalue weighted by molar-refractivity contribution is -0.124. The SMILES string of the molecule is O=C(CCC(=O)Nc1ccccc1)NN=CCc1ccccc1. The maximum Gasteiger partial charge on any atom is 0.240 e. The second-order valence-electron chi connectivity index (χ2n) is 4.95. The van der Waals surface area contributed by atoms with Gasteiger partial charge < -0.3 is 5.32 Å². The van der Waals surface area contributed by atoms with Crippen LogP contribution in [0.4, 0.5) is 5.69 Å². The zero-order chi connectivity index (χ0) is 16.3. The van der Waals surface area contributed by atoms with E-state index >= 15 is 0 Å². The van der Waals surface area contributed by atoms with Gasteiger partial charge in [-0.15, -0.1) is 0 Å². The molecule has 5 heteroatoms. The average molecular weight is 309 g/mol. The number of rotatable bonds is 7. The first-order valence-electron chi connectivity index (χ1n) is 7.43. The van der Waals surface area contributed by atoms with Crippen molar-refractivity contribution in [3.05, 3.63) is 66.2 Å². The van der Waals surface area contributed by atoms with Gasteiger partial charge in [0.05, 0.1) is 0 Å². The number of nitrogens with one attached hydrogen (secondary N) is 2. The van der Waals surface area contributed by atoms with Crippen LogP contribution in [0.25, 0.3) is 0 Å². The molecule has 0 aliphatic carbocycles. The van der Waals surface area contributed by atoms with Crippen molar-refractivity contribution < 1.29 is 9.59 Å². The van der Waals surface area contributed by atoms with E-state index in [9.17, 15) is 9.59 Å². The smallest absolute Gasteiger partial charge is 0.240 e. The number of benzene rings is 2. The summed E-state index contributed by atoms with van der Waals surface area (Å²) in [4.78, 5) is 23.3. The van der Waals surface area contributed by atoms with Crippen LogP contribution in [-0.4, -0.2) is 18.0 Å². The monoisotopic (exact) mass is 309 g/mol. The van der Waals surface area contributed by atoms with Gasteiger partial charge in [-0.05, 0) is 17.7 Å². The van der Waals surface area contributed by atoms with E-state index in [0.717, 1.165) is 11.3 Å². The van der Waals surface area contributed by atoms with Crippen LogP contribution in [0.3, 0.4) is 0 Å². The zero-order valence-electron chi connectivity index (χ0n) is 12.7. The van der Waals surface area contributed by atoms with Gasteiger partial charge in [-0.3, -0.25) is 9.59 Å². The standard InChI is InChI=1S/C18H19N3O2/c22-17(20-16-9-5-2-6-10-16)11-12-18(23)21-19-14-13-15-7-3-1-4-8-15/h1-10,14H,11-13H2,(H,20,22)(H,21,23). The fourth-order valence-electron chi connectivity index (χ4n) is 1.91. The van der Waals surface area contributed by atoms with Gasteiger partial charge in [-0.25, -0.2) is 5.43 Å². The fourth-order valence-corrected chi connectivity index (χ4v) is 1.91. The number of carbonyl (C=O) groups is 2. The third-order valence-electron chi connectivity index (χ3n) is 3.09. The van der Waals surface area contributed by atoms with Gasteiger partial charge in [-0.1, -0.05) is 48.5 Å². The lowest BCUT2D eigenvalue weighted by Gasteiger charge is -2.04. The van der Waals surface area contributed by atoms with Crippen LogP contribution in [0.15, 0.2) is 65.8 Å². The summed E-state index contributed by atoms with van der Waals surface area (Å²) < 4.78 is 0. The Labute approximate surface area is 135 Å². The second-order valence-corrected chi connectivity index (χ2v) is 4.95. The molecule has 0 atom stereocenters. The molecule has 2 aromatic rings. The first-order chi connectivity index (χ1) is 11.2. The molecule has 0 aliphatic heterocycles. The Hall–Kier alpha value is -2.95. The Morgan fingerprint density at radius 2 is 1.48 bits per heavy atom. The highest BCUT2D eigenvalue weighted by molar-refractivity contribution is 5.93. The molecule has 23 heavy (non-hydrogen) atoms. The highest BCUT2D eigenvalue weighted by Gasteiger charge is 2.06. The number of hydrogen-bond donors (Lipinski definition) is 2. The van der Waals surface area contributed by atoms with Gasteiger partial charge in [0.15, 0.2) is 0 Å². The molecule has 2 amide bonds. The van der Waals surface area contributed by atoms with Crippen molar-refractivity contribution >= 4 is 23.7 Å². The van der Waals surface area contributed by atoms with Crippen LogP contribution in [-0.2, 0) is 16.0 Å². The molecule has 0 fully saturated rings. The van der Waals surface area contributed by atoms with Crippen LogP contribution in [0, 0.1) is 0 Å². The quantitative estimate of drug-likeness (QED) is 0.610. The summed E-state index contributed by atoms with van der Waals surface area (Å²) in [6, 6.07) is 19.0. The summed E-state index contributed by atoms with van der Waals surface area (Å²) in [5.41, 5.74) is 4.26. The second kappa shape index (κ2) is 9.15. The van der Waals surface area contributed by atoms with Crippen LogP contribution in [0.5, 0.6) is 0 Å². The zero-order valence-corrected chi connectivity index (χ0v) is 12.7. The van der Waals surface area contributed by atoms with Gasteiger partial charge in [-0.2, -0.15) is 5.10 Å². The summed E-state index contributed by atoms with van der Waals surface area (Å²) in [6.07, 6.45) is 2.50. The number of para-hydroxylation sites is 1. The molecule has 0 aliphatic rings. The van der Waals surface area contributed by atoms with Gasteiger partial charge in [0.1, 0.15) is 0 Å². The lowest BCUT2D eigenvalue weighted by atomic mass is 10.2. The molecule has 0 bridgehead atoms. The summed E-state index contributed by atoms with van der Waals surface area (Å²) in [5.74, 6) is -0.475. The first-order valence-corrected chi connectivity index (χ1v) is 7.43. The largest absolute Gasteiger partial charge is 0.326 e. The Kier molecular flexibility index (Phi) is 6.53. The Balaban J connectivity index is 1.64. The van der Waals surface area contributed by atoms with Crippen molar-refractivity contribution in [3.8, 4) is 0 Å². The van der Waals surface area contributed by atoms with E-state index in [1.807, 2.05) is 48.5 Å². The lowest BCUT2D eigenvalue weighted by Crippen LogP contribution is -2.20. The van der Waals surface area contributed by atoms with E-state index in [1.165, 1.54) is 0 Å². The fraction of sp³-hybridized carbons (Fsp3) is 0.167. The molecule has 2 aromatic carbocycles. The molecule has 2 N–H and O–H groups in total. The normalized spacial score (nSPS) is 10.4. The van der Waals surface area contributed by atoms with E-state index in [0.29, 0.717) is 6.42 Å². The molecule has 0 heterocycles. The molecule has 5 nitrogen and oxygen atoms in total.